The molecule has 1 aromatic rings. The van der Waals surface area contributed by atoms with Crippen molar-refractivity contribution >= 4 is 11.9 Å². The van der Waals surface area contributed by atoms with Gasteiger partial charge in [-0.15, -0.1) is 0 Å². The first-order valence-electron chi connectivity index (χ1n) is 7.74. The molecule has 0 spiro atoms. The maximum atomic E-state index is 11.8. The fraction of sp³-hybridized carbons (Fsp3) is 0.529. The van der Waals surface area contributed by atoms with Gasteiger partial charge in [-0.3, -0.25) is 4.79 Å². The number of rotatable bonds is 7. The van der Waals surface area contributed by atoms with E-state index >= 15 is 0 Å². The van der Waals surface area contributed by atoms with Gasteiger partial charge in [0.05, 0.1) is 12.0 Å². The summed E-state index contributed by atoms with van der Waals surface area (Å²) in [5.41, 5.74) is 0.963. The number of nitrogens with one attached hydrogen (secondary N) is 1. The molecule has 1 aliphatic carbocycles. The van der Waals surface area contributed by atoms with E-state index in [1.54, 1.807) is 18.2 Å². The van der Waals surface area contributed by atoms with Gasteiger partial charge >= 0.3 is 5.97 Å². The van der Waals surface area contributed by atoms with Crippen LogP contribution in [0.15, 0.2) is 24.3 Å². The van der Waals surface area contributed by atoms with Crippen LogP contribution in [0.1, 0.15) is 54.4 Å². The summed E-state index contributed by atoms with van der Waals surface area (Å²) in [5.74, 6) is -0.146. The number of aromatic carboxylic acids is 1. The van der Waals surface area contributed by atoms with E-state index in [9.17, 15) is 9.59 Å². The predicted molar refractivity (Wildman–Crippen MR) is 81.3 cm³/mol. The summed E-state index contributed by atoms with van der Waals surface area (Å²) < 4.78 is 0. The van der Waals surface area contributed by atoms with Crippen molar-refractivity contribution in [2.45, 2.75) is 44.9 Å². The SMILES string of the molecule is O=C(Cc1cccc(C(=O)O)c1)NCCCC1CCCC1. The average Bonchev–Trinajstić information content (AvgIpc) is 2.97. The highest BCUT2D eigenvalue weighted by Crippen LogP contribution is 2.28. The maximum absolute atomic E-state index is 11.8. The van der Waals surface area contributed by atoms with E-state index in [0.717, 1.165) is 17.9 Å². The second-order valence-electron chi connectivity index (χ2n) is 5.82. The molecular weight excluding hydrogens is 266 g/mol. The van der Waals surface area contributed by atoms with E-state index in [-0.39, 0.29) is 17.9 Å². The Balaban J connectivity index is 1.69. The Morgan fingerprint density at radius 1 is 1.24 bits per heavy atom. The van der Waals surface area contributed by atoms with Crippen LogP contribution in [0, 0.1) is 5.92 Å². The number of carboxylic acids is 1. The minimum Gasteiger partial charge on any atom is -0.478 e. The molecule has 1 aliphatic rings. The Labute approximate surface area is 125 Å². The van der Waals surface area contributed by atoms with Gasteiger partial charge in [-0.25, -0.2) is 4.79 Å². The van der Waals surface area contributed by atoms with Gasteiger partial charge in [0.1, 0.15) is 0 Å². The Morgan fingerprint density at radius 3 is 2.71 bits per heavy atom. The van der Waals surface area contributed by atoms with Crippen LogP contribution in [0.2, 0.25) is 0 Å². The van der Waals surface area contributed by atoms with Crippen LogP contribution < -0.4 is 5.32 Å². The van der Waals surface area contributed by atoms with E-state index < -0.39 is 5.97 Å². The van der Waals surface area contributed by atoms with Crippen LogP contribution in [-0.2, 0) is 11.2 Å². The molecular formula is C17H23NO3. The van der Waals surface area contributed by atoms with Crippen LogP contribution >= 0.6 is 0 Å². The summed E-state index contributed by atoms with van der Waals surface area (Å²) in [6.45, 7) is 0.716. The monoisotopic (exact) mass is 289 g/mol. The highest BCUT2D eigenvalue weighted by Gasteiger charge is 2.14. The molecule has 4 heteroatoms. The molecule has 1 fully saturated rings. The normalized spacial score (nSPS) is 15.0. The van der Waals surface area contributed by atoms with E-state index in [1.807, 2.05) is 0 Å². The second kappa shape index (κ2) is 7.81. The Hall–Kier alpha value is -1.84. The van der Waals surface area contributed by atoms with Gasteiger partial charge in [0.15, 0.2) is 0 Å². The number of carbonyl (C=O) groups is 2. The van der Waals surface area contributed by atoms with E-state index in [2.05, 4.69) is 5.32 Å². The fourth-order valence-electron chi connectivity index (χ4n) is 2.98. The van der Waals surface area contributed by atoms with Crippen molar-refractivity contribution in [1.82, 2.24) is 5.32 Å². The standard InChI is InChI=1S/C17H23NO3/c19-16(18-10-4-8-13-5-1-2-6-13)12-14-7-3-9-15(11-14)17(20)21/h3,7,9,11,13H,1-2,4-6,8,10,12H2,(H,18,19)(H,20,21). The zero-order valence-corrected chi connectivity index (χ0v) is 12.3. The zero-order valence-electron chi connectivity index (χ0n) is 12.3. The largest absolute Gasteiger partial charge is 0.478 e. The van der Waals surface area contributed by atoms with Crippen molar-refractivity contribution in [3.8, 4) is 0 Å². The summed E-state index contributed by atoms with van der Waals surface area (Å²) in [6.07, 6.45) is 7.88. The van der Waals surface area contributed by atoms with E-state index in [0.29, 0.717) is 6.54 Å². The molecule has 4 nitrogen and oxygen atoms in total. The number of carboxylic acid groups (broad SMARTS) is 1. The lowest BCUT2D eigenvalue weighted by Gasteiger charge is -2.09. The lowest BCUT2D eigenvalue weighted by molar-refractivity contribution is -0.120. The first-order valence-corrected chi connectivity index (χ1v) is 7.74. The Morgan fingerprint density at radius 2 is 2.00 bits per heavy atom. The summed E-state index contributed by atoms with van der Waals surface area (Å²) in [5, 5.41) is 11.8. The van der Waals surface area contributed by atoms with Crippen LogP contribution in [-0.4, -0.2) is 23.5 Å². The second-order valence-corrected chi connectivity index (χ2v) is 5.82. The van der Waals surface area contributed by atoms with Gasteiger partial charge in [-0.05, 0) is 36.5 Å². The molecule has 1 aromatic carbocycles. The fourth-order valence-corrected chi connectivity index (χ4v) is 2.98. The highest BCUT2D eigenvalue weighted by molar-refractivity contribution is 5.88. The third kappa shape index (κ3) is 5.21. The lowest BCUT2D eigenvalue weighted by atomic mass is 10.0. The van der Waals surface area contributed by atoms with Crippen molar-refractivity contribution in [3.05, 3.63) is 35.4 Å². The summed E-state index contributed by atoms with van der Waals surface area (Å²) >= 11 is 0. The molecule has 1 saturated carbocycles. The number of carbonyl (C=O) groups excluding carboxylic acids is 1. The molecule has 1 amide bonds. The van der Waals surface area contributed by atoms with Crippen molar-refractivity contribution < 1.29 is 14.7 Å². The van der Waals surface area contributed by atoms with E-state index in [4.69, 9.17) is 5.11 Å². The summed E-state index contributed by atoms with van der Waals surface area (Å²) in [7, 11) is 0. The summed E-state index contributed by atoms with van der Waals surface area (Å²) in [6, 6.07) is 6.54. The predicted octanol–water partition coefficient (Wildman–Crippen LogP) is 3.01. The number of benzene rings is 1. The van der Waals surface area contributed by atoms with Gasteiger partial charge < -0.3 is 10.4 Å². The molecule has 21 heavy (non-hydrogen) atoms. The van der Waals surface area contributed by atoms with Crippen molar-refractivity contribution in [1.29, 1.82) is 0 Å². The van der Waals surface area contributed by atoms with Crippen LogP contribution in [0.25, 0.3) is 0 Å². The molecule has 0 atom stereocenters. The van der Waals surface area contributed by atoms with Gasteiger partial charge in [-0.1, -0.05) is 37.8 Å². The quantitative estimate of drug-likeness (QED) is 0.758. The third-order valence-corrected chi connectivity index (χ3v) is 4.12. The molecule has 114 valence electrons. The van der Waals surface area contributed by atoms with Crippen molar-refractivity contribution in [2.75, 3.05) is 6.54 Å². The van der Waals surface area contributed by atoms with E-state index in [1.165, 1.54) is 38.2 Å². The molecule has 2 rings (SSSR count). The zero-order chi connectivity index (χ0) is 15.1. The summed E-state index contributed by atoms with van der Waals surface area (Å²) in [4.78, 5) is 22.7. The molecule has 0 unspecified atom stereocenters. The topological polar surface area (TPSA) is 66.4 Å². The smallest absolute Gasteiger partial charge is 0.335 e. The molecule has 0 aromatic heterocycles. The molecule has 2 N–H and O–H groups in total. The minimum absolute atomic E-state index is 0.0380. The van der Waals surface area contributed by atoms with Gasteiger partial charge in [-0.2, -0.15) is 0 Å². The average molecular weight is 289 g/mol. The number of amides is 1. The number of hydrogen-bond acceptors (Lipinski definition) is 2. The first-order chi connectivity index (χ1) is 10.1. The van der Waals surface area contributed by atoms with Crippen LogP contribution in [0.4, 0.5) is 0 Å². The first kappa shape index (κ1) is 15.5. The van der Waals surface area contributed by atoms with Gasteiger partial charge in [0.2, 0.25) is 5.91 Å². The Kier molecular flexibility index (Phi) is 5.78. The maximum Gasteiger partial charge on any atom is 0.335 e. The Bertz CT molecular complexity index is 493. The number of hydrogen-bond donors (Lipinski definition) is 2. The van der Waals surface area contributed by atoms with Gasteiger partial charge in [0, 0.05) is 6.54 Å². The third-order valence-electron chi connectivity index (χ3n) is 4.12. The molecule has 0 bridgehead atoms. The molecule has 0 saturated heterocycles. The lowest BCUT2D eigenvalue weighted by Crippen LogP contribution is -2.26. The molecule has 0 radical (unpaired) electrons. The van der Waals surface area contributed by atoms with Gasteiger partial charge in [0.25, 0.3) is 0 Å². The van der Waals surface area contributed by atoms with Crippen LogP contribution in [0.3, 0.4) is 0 Å². The van der Waals surface area contributed by atoms with Crippen molar-refractivity contribution in [2.24, 2.45) is 5.92 Å². The molecule has 0 heterocycles. The molecule has 0 aliphatic heterocycles. The minimum atomic E-state index is -0.964. The highest BCUT2D eigenvalue weighted by atomic mass is 16.4. The van der Waals surface area contributed by atoms with Crippen molar-refractivity contribution in [3.63, 3.8) is 0 Å². The van der Waals surface area contributed by atoms with Crippen LogP contribution in [0.5, 0.6) is 0 Å².